The van der Waals surface area contributed by atoms with E-state index in [2.05, 4.69) is 39.6 Å². The molecule has 3 amide bonds. The second-order valence-electron chi connectivity index (χ2n) is 4.99. The van der Waals surface area contributed by atoms with Gasteiger partial charge in [-0.2, -0.15) is 0 Å². The van der Waals surface area contributed by atoms with E-state index in [4.69, 9.17) is 0 Å². The molecule has 6 heteroatoms. The van der Waals surface area contributed by atoms with Crippen LogP contribution in [0.3, 0.4) is 0 Å². The summed E-state index contributed by atoms with van der Waals surface area (Å²) in [5, 5.41) is 8.05. The number of allylic oxidation sites excluding steroid dienone is 1. The molecule has 0 aliphatic carbocycles. The monoisotopic (exact) mass is 331 g/mol. The minimum atomic E-state index is -0.0886. The Balaban J connectivity index is 4.50. The third kappa shape index (κ3) is 15.7. The largest absolute Gasteiger partial charge is 0.356 e. The second kappa shape index (κ2) is 13.9. The van der Waals surface area contributed by atoms with Gasteiger partial charge < -0.3 is 16.0 Å². The number of amides is 3. The van der Waals surface area contributed by atoms with E-state index in [0.717, 1.165) is 5.57 Å². The molecule has 0 heterocycles. The van der Waals surface area contributed by atoms with Crippen LogP contribution in [0.5, 0.6) is 0 Å². The van der Waals surface area contributed by atoms with Crippen molar-refractivity contribution in [2.24, 2.45) is 0 Å². The third-order valence-electron chi connectivity index (χ3n) is 2.61. The van der Waals surface area contributed by atoms with E-state index in [1.54, 1.807) is 6.08 Å². The van der Waals surface area contributed by atoms with Crippen molar-refractivity contribution in [3.05, 3.63) is 11.6 Å². The first-order chi connectivity index (χ1) is 11.4. The molecule has 0 rings (SSSR count). The number of hydrogen-bond donors (Lipinski definition) is 3. The van der Waals surface area contributed by atoms with E-state index in [1.165, 1.54) is 20.8 Å². The van der Waals surface area contributed by atoms with Gasteiger partial charge in [-0.15, -0.1) is 0 Å². The van der Waals surface area contributed by atoms with Gasteiger partial charge in [0.25, 0.3) is 0 Å². The lowest BCUT2D eigenvalue weighted by atomic mass is 10.1. The summed E-state index contributed by atoms with van der Waals surface area (Å²) in [4.78, 5) is 32.4. The van der Waals surface area contributed by atoms with Gasteiger partial charge >= 0.3 is 0 Å². The highest BCUT2D eigenvalue weighted by Crippen LogP contribution is 1.98. The van der Waals surface area contributed by atoms with E-state index in [1.807, 2.05) is 0 Å². The lowest BCUT2D eigenvalue weighted by molar-refractivity contribution is -0.119. The Hall–Kier alpha value is -2.73. The number of rotatable bonds is 7. The van der Waals surface area contributed by atoms with Crippen molar-refractivity contribution in [3.63, 3.8) is 0 Å². The van der Waals surface area contributed by atoms with Gasteiger partial charge in [-0.3, -0.25) is 14.4 Å². The Kier molecular flexibility index (Phi) is 12.3. The summed E-state index contributed by atoms with van der Waals surface area (Å²) in [5.74, 6) is 11.6. The highest BCUT2D eigenvalue weighted by molar-refractivity contribution is 5.73. The topological polar surface area (TPSA) is 87.3 Å². The zero-order valence-electron chi connectivity index (χ0n) is 14.5. The van der Waals surface area contributed by atoms with Gasteiger partial charge in [0.1, 0.15) is 0 Å². The van der Waals surface area contributed by atoms with Crippen molar-refractivity contribution in [1.82, 2.24) is 16.0 Å². The average Bonchev–Trinajstić information content (AvgIpc) is 2.48. The molecular weight excluding hydrogens is 306 g/mol. The first kappa shape index (κ1) is 21.3. The van der Waals surface area contributed by atoms with Crippen LogP contribution in [0.15, 0.2) is 11.6 Å². The predicted molar refractivity (Wildman–Crippen MR) is 93.5 cm³/mol. The minimum Gasteiger partial charge on any atom is -0.356 e. The minimum absolute atomic E-state index is 0.0756. The molecular formula is C18H25N3O3. The maximum atomic E-state index is 10.9. The molecule has 0 saturated heterocycles. The normalized spacial score (nSPS) is 9.71. The Bertz CT molecular complexity index is 586. The average molecular weight is 331 g/mol. The summed E-state index contributed by atoms with van der Waals surface area (Å²) in [7, 11) is 0. The van der Waals surface area contributed by atoms with Crippen molar-refractivity contribution in [2.75, 3.05) is 19.6 Å². The summed E-state index contributed by atoms with van der Waals surface area (Å²) < 4.78 is 0. The van der Waals surface area contributed by atoms with E-state index in [0.29, 0.717) is 38.9 Å². The van der Waals surface area contributed by atoms with Crippen LogP contribution < -0.4 is 16.0 Å². The fourth-order valence-corrected chi connectivity index (χ4v) is 1.53. The van der Waals surface area contributed by atoms with Crippen LogP contribution in [-0.4, -0.2) is 37.4 Å². The lowest BCUT2D eigenvalue weighted by Crippen LogP contribution is -2.21. The van der Waals surface area contributed by atoms with E-state index in [9.17, 15) is 14.4 Å². The molecule has 0 radical (unpaired) electrons. The molecule has 0 unspecified atom stereocenters. The molecule has 0 bridgehead atoms. The standard InChI is InChI=1S/C18H25N3O3/c1-15(22)19-12-7-4-5-9-18(11-14-21-17(3)24)10-6-8-13-20-16(2)23/h9H,7-8,11-14H2,1-3H3,(H,19,22)(H,20,23)(H,21,24)/b18-9-. The van der Waals surface area contributed by atoms with Crippen molar-refractivity contribution in [3.8, 4) is 23.7 Å². The Morgan fingerprint density at radius 3 is 1.83 bits per heavy atom. The molecule has 24 heavy (non-hydrogen) atoms. The number of carbonyl (C=O) groups excluding carboxylic acids is 3. The molecule has 130 valence electrons. The smallest absolute Gasteiger partial charge is 0.216 e. The Labute approximate surface area is 143 Å². The van der Waals surface area contributed by atoms with Gasteiger partial charge in [0, 0.05) is 58.8 Å². The summed E-state index contributed by atoms with van der Waals surface area (Å²) in [5.41, 5.74) is 0.818. The lowest BCUT2D eigenvalue weighted by Gasteiger charge is -2.00. The van der Waals surface area contributed by atoms with Crippen LogP contribution in [0.1, 0.15) is 40.0 Å². The molecule has 0 spiro atoms. The number of nitrogens with one attached hydrogen (secondary N) is 3. The van der Waals surface area contributed by atoms with Gasteiger partial charge in [0.2, 0.25) is 17.7 Å². The summed E-state index contributed by atoms with van der Waals surface area (Å²) in [6.45, 7) is 5.90. The Morgan fingerprint density at radius 1 is 0.792 bits per heavy atom. The zero-order chi connectivity index (χ0) is 18.2. The fourth-order valence-electron chi connectivity index (χ4n) is 1.53. The van der Waals surface area contributed by atoms with Gasteiger partial charge in [-0.1, -0.05) is 23.7 Å². The van der Waals surface area contributed by atoms with Crippen LogP contribution in [0, 0.1) is 23.7 Å². The van der Waals surface area contributed by atoms with Crippen LogP contribution in [0.25, 0.3) is 0 Å². The van der Waals surface area contributed by atoms with Crippen molar-refractivity contribution < 1.29 is 14.4 Å². The van der Waals surface area contributed by atoms with Gasteiger partial charge in [-0.05, 0) is 12.5 Å². The predicted octanol–water partition coefficient (Wildman–Crippen LogP) is 0.498. The van der Waals surface area contributed by atoms with E-state index in [-0.39, 0.29) is 17.7 Å². The molecule has 0 fully saturated rings. The van der Waals surface area contributed by atoms with Crippen molar-refractivity contribution in [2.45, 2.75) is 40.0 Å². The second-order valence-corrected chi connectivity index (χ2v) is 4.99. The highest BCUT2D eigenvalue weighted by atomic mass is 16.2. The fraction of sp³-hybridized carbons (Fsp3) is 0.500. The zero-order valence-corrected chi connectivity index (χ0v) is 14.5. The maximum Gasteiger partial charge on any atom is 0.216 e. The van der Waals surface area contributed by atoms with Crippen LogP contribution >= 0.6 is 0 Å². The summed E-state index contributed by atoms with van der Waals surface area (Å²) in [6, 6.07) is 0. The van der Waals surface area contributed by atoms with E-state index >= 15 is 0 Å². The first-order valence-corrected chi connectivity index (χ1v) is 7.81. The van der Waals surface area contributed by atoms with Crippen LogP contribution in [0.4, 0.5) is 0 Å². The molecule has 0 aromatic heterocycles. The maximum absolute atomic E-state index is 10.9. The third-order valence-corrected chi connectivity index (χ3v) is 2.61. The SMILES string of the molecule is CC(=O)NCCC#C/C=C(/C#CCCNC(C)=O)CCNC(C)=O. The van der Waals surface area contributed by atoms with Gasteiger partial charge in [0.05, 0.1) is 0 Å². The first-order valence-electron chi connectivity index (χ1n) is 7.81. The molecule has 3 N–H and O–H groups in total. The molecule has 0 atom stereocenters. The molecule has 6 nitrogen and oxygen atoms in total. The number of carbonyl (C=O) groups is 3. The summed E-state index contributed by atoms with van der Waals surface area (Å²) >= 11 is 0. The molecule has 0 aliphatic rings. The number of hydrogen-bond acceptors (Lipinski definition) is 3. The highest BCUT2D eigenvalue weighted by Gasteiger charge is 1.95. The van der Waals surface area contributed by atoms with Crippen LogP contribution in [0.2, 0.25) is 0 Å². The molecule has 0 aliphatic heterocycles. The van der Waals surface area contributed by atoms with Crippen molar-refractivity contribution >= 4 is 17.7 Å². The van der Waals surface area contributed by atoms with Gasteiger partial charge in [-0.25, -0.2) is 0 Å². The van der Waals surface area contributed by atoms with Gasteiger partial charge in [0.15, 0.2) is 0 Å². The van der Waals surface area contributed by atoms with Crippen molar-refractivity contribution in [1.29, 1.82) is 0 Å². The van der Waals surface area contributed by atoms with Crippen LogP contribution in [-0.2, 0) is 14.4 Å². The van der Waals surface area contributed by atoms with E-state index < -0.39 is 0 Å². The molecule has 0 aromatic carbocycles. The summed E-state index contributed by atoms with van der Waals surface area (Å²) in [6.07, 6.45) is 3.42. The Morgan fingerprint density at radius 2 is 1.29 bits per heavy atom. The quantitative estimate of drug-likeness (QED) is 0.469. The molecule has 0 saturated carbocycles. The molecule has 0 aromatic rings.